The summed E-state index contributed by atoms with van der Waals surface area (Å²) in [5, 5.41) is 3.16. The van der Waals surface area contributed by atoms with E-state index >= 15 is 0 Å². The molecule has 3 N–H and O–H groups in total. The van der Waals surface area contributed by atoms with Crippen LogP contribution in [0.15, 0.2) is 54.6 Å². The van der Waals surface area contributed by atoms with Gasteiger partial charge in [-0.1, -0.05) is 55.0 Å². The van der Waals surface area contributed by atoms with Gasteiger partial charge in [-0.05, 0) is 48.3 Å². The first kappa shape index (κ1) is 19.3. The Hall–Kier alpha value is -2.00. The molecule has 2 aromatic rings. The van der Waals surface area contributed by atoms with E-state index in [0.29, 0.717) is 12.8 Å². The maximum absolute atomic E-state index is 12.2. The van der Waals surface area contributed by atoms with E-state index in [1.54, 1.807) is 0 Å². The predicted octanol–water partition coefficient (Wildman–Crippen LogP) is 4.15. The molecule has 25 heavy (non-hydrogen) atoms. The van der Waals surface area contributed by atoms with Gasteiger partial charge in [-0.2, -0.15) is 0 Å². The van der Waals surface area contributed by atoms with Gasteiger partial charge in [0, 0.05) is 18.7 Å². The Morgan fingerprint density at radius 3 is 2.36 bits per heavy atom. The number of nitrogen functional groups attached to an aromatic ring is 1. The first-order chi connectivity index (χ1) is 11.7. The molecule has 3 nitrogen and oxygen atoms in total. The first-order valence-electron chi connectivity index (χ1n) is 8.81. The van der Waals surface area contributed by atoms with Crippen LogP contribution in [0.3, 0.4) is 0 Å². The van der Waals surface area contributed by atoms with Crippen LogP contribution in [0.25, 0.3) is 0 Å². The lowest BCUT2D eigenvalue weighted by molar-refractivity contribution is -0.121. The highest BCUT2D eigenvalue weighted by Gasteiger charge is 2.37. The zero-order valence-electron chi connectivity index (χ0n) is 14.5. The van der Waals surface area contributed by atoms with E-state index < -0.39 is 0 Å². The van der Waals surface area contributed by atoms with E-state index in [-0.39, 0.29) is 23.7 Å². The van der Waals surface area contributed by atoms with Gasteiger partial charge < -0.3 is 11.1 Å². The lowest BCUT2D eigenvalue weighted by atomic mass is 9.65. The fourth-order valence-electron chi connectivity index (χ4n) is 3.51. The number of para-hydroxylation sites is 1. The van der Waals surface area contributed by atoms with Crippen LogP contribution in [0.1, 0.15) is 36.8 Å². The quantitative estimate of drug-likeness (QED) is 0.730. The molecule has 0 heterocycles. The second kappa shape index (κ2) is 8.91. The summed E-state index contributed by atoms with van der Waals surface area (Å²) < 4.78 is 0. The molecule has 0 atom stereocenters. The number of carbonyl (C=O) groups excluding carboxylic acids is 1. The highest BCUT2D eigenvalue weighted by molar-refractivity contribution is 5.85. The van der Waals surface area contributed by atoms with Crippen molar-refractivity contribution >= 4 is 24.0 Å². The number of nitrogens with one attached hydrogen (secondary N) is 1. The molecule has 0 spiro atoms. The Morgan fingerprint density at radius 2 is 1.72 bits per heavy atom. The number of aryl methyl sites for hydroxylation is 1. The molecule has 0 aliphatic heterocycles. The molecule has 1 fully saturated rings. The average Bonchev–Trinajstić information content (AvgIpc) is 2.57. The Kier molecular flexibility index (Phi) is 6.89. The van der Waals surface area contributed by atoms with E-state index in [9.17, 15) is 4.79 Å². The molecule has 1 aliphatic rings. The molecule has 3 rings (SSSR count). The summed E-state index contributed by atoms with van der Waals surface area (Å²) in [4.78, 5) is 12.2. The fraction of sp³-hybridized carbons (Fsp3) is 0.381. The molecular weight excluding hydrogens is 332 g/mol. The van der Waals surface area contributed by atoms with Crippen molar-refractivity contribution in [3.63, 3.8) is 0 Å². The highest BCUT2D eigenvalue weighted by atomic mass is 35.5. The van der Waals surface area contributed by atoms with Gasteiger partial charge >= 0.3 is 0 Å². The standard InChI is InChI=1S/C21H26N2O.ClH/c22-19-10-5-4-9-18(19)11-12-20(24)23-16-21(13-6-14-21)15-17-7-2-1-3-8-17;/h1-5,7-10H,6,11-16,22H2,(H,23,24);1H. The Labute approximate surface area is 156 Å². The molecule has 0 unspecified atom stereocenters. The van der Waals surface area contributed by atoms with Gasteiger partial charge in [0.15, 0.2) is 0 Å². The van der Waals surface area contributed by atoms with E-state index in [1.165, 1.54) is 24.8 Å². The Bertz CT molecular complexity index is 683. The Balaban J connectivity index is 0.00000225. The molecule has 0 aromatic heterocycles. The number of rotatable bonds is 7. The molecule has 0 radical (unpaired) electrons. The molecule has 0 saturated heterocycles. The number of nitrogens with two attached hydrogens (primary N) is 1. The molecule has 1 saturated carbocycles. The first-order valence-corrected chi connectivity index (χ1v) is 8.81. The van der Waals surface area contributed by atoms with Crippen molar-refractivity contribution in [2.24, 2.45) is 5.41 Å². The zero-order valence-corrected chi connectivity index (χ0v) is 15.4. The number of halogens is 1. The monoisotopic (exact) mass is 358 g/mol. The smallest absolute Gasteiger partial charge is 0.220 e. The summed E-state index contributed by atoms with van der Waals surface area (Å²) in [5.41, 5.74) is 9.37. The number of benzene rings is 2. The lowest BCUT2D eigenvalue weighted by Gasteiger charge is -2.42. The number of hydrogen-bond donors (Lipinski definition) is 2. The van der Waals surface area contributed by atoms with Crippen LogP contribution < -0.4 is 11.1 Å². The van der Waals surface area contributed by atoms with Crippen molar-refractivity contribution in [1.29, 1.82) is 0 Å². The van der Waals surface area contributed by atoms with Gasteiger partial charge in [0.25, 0.3) is 0 Å². The average molecular weight is 359 g/mol. The molecule has 1 amide bonds. The van der Waals surface area contributed by atoms with Crippen molar-refractivity contribution in [2.75, 3.05) is 12.3 Å². The van der Waals surface area contributed by atoms with Crippen molar-refractivity contribution in [3.05, 3.63) is 65.7 Å². The number of anilines is 1. The normalized spacial score (nSPS) is 14.9. The van der Waals surface area contributed by atoms with Crippen LogP contribution in [0.2, 0.25) is 0 Å². The minimum Gasteiger partial charge on any atom is -0.399 e. The van der Waals surface area contributed by atoms with Crippen molar-refractivity contribution in [1.82, 2.24) is 5.32 Å². The van der Waals surface area contributed by atoms with Crippen LogP contribution in [-0.4, -0.2) is 12.5 Å². The highest BCUT2D eigenvalue weighted by Crippen LogP contribution is 2.43. The van der Waals surface area contributed by atoms with Crippen LogP contribution >= 0.6 is 12.4 Å². The van der Waals surface area contributed by atoms with Gasteiger partial charge in [0.1, 0.15) is 0 Å². The fourth-order valence-corrected chi connectivity index (χ4v) is 3.51. The summed E-state index contributed by atoms with van der Waals surface area (Å²) in [6.07, 6.45) is 5.92. The van der Waals surface area contributed by atoms with Gasteiger partial charge in [-0.15, -0.1) is 12.4 Å². The summed E-state index contributed by atoms with van der Waals surface area (Å²) in [6.45, 7) is 0.783. The second-order valence-corrected chi connectivity index (χ2v) is 6.99. The Morgan fingerprint density at radius 1 is 1.04 bits per heavy atom. The van der Waals surface area contributed by atoms with Crippen molar-refractivity contribution in [3.8, 4) is 0 Å². The predicted molar refractivity (Wildman–Crippen MR) is 106 cm³/mol. The topological polar surface area (TPSA) is 55.1 Å². The summed E-state index contributed by atoms with van der Waals surface area (Å²) >= 11 is 0. The van der Waals surface area contributed by atoms with E-state index in [2.05, 4.69) is 29.6 Å². The molecule has 4 heteroatoms. The zero-order chi connectivity index (χ0) is 16.8. The minimum atomic E-state index is 0. The van der Waals surface area contributed by atoms with Crippen LogP contribution in [0.4, 0.5) is 5.69 Å². The van der Waals surface area contributed by atoms with E-state index in [1.807, 2.05) is 30.3 Å². The molecular formula is C21H27ClN2O. The van der Waals surface area contributed by atoms with E-state index in [0.717, 1.165) is 24.2 Å². The van der Waals surface area contributed by atoms with E-state index in [4.69, 9.17) is 5.73 Å². The molecule has 134 valence electrons. The minimum absolute atomic E-state index is 0. The van der Waals surface area contributed by atoms with Gasteiger partial charge in [-0.3, -0.25) is 4.79 Å². The molecule has 0 bridgehead atoms. The molecule has 1 aliphatic carbocycles. The summed E-state index contributed by atoms with van der Waals surface area (Å²) in [7, 11) is 0. The largest absolute Gasteiger partial charge is 0.399 e. The van der Waals surface area contributed by atoms with Crippen molar-refractivity contribution < 1.29 is 4.79 Å². The lowest BCUT2D eigenvalue weighted by Crippen LogP contribution is -2.43. The number of hydrogen-bond acceptors (Lipinski definition) is 2. The van der Waals surface area contributed by atoms with Crippen molar-refractivity contribution in [2.45, 2.75) is 38.5 Å². The molecule has 2 aromatic carbocycles. The maximum Gasteiger partial charge on any atom is 0.220 e. The van der Waals surface area contributed by atoms with Gasteiger partial charge in [0.2, 0.25) is 5.91 Å². The van der Waals surface area contributed by atoms with Crippen LogP contribution in [0.5, 0.6) is 0 Å². The third-order valence-corrected chi connectivity index (χ3v) is 5.17. The van der Waals surface area contributed by atoms with Crippen LogP contribution in [-0.2, 0) is 17.6 Å². The summed E-state index contributed by atoms with van der Waals surface area (Å²) in [5.74, 6) is 0.123. The number of amides is 1. The summed E-state index contributed by atoms with van der Waals surface area (Å²) in [6, 6.07) is 18.3. The third-order valence-electron chi connectivity index (χ3n) is 5.17. The SMILES string of the molecule is Cl.Nc1ccccc1CCC(=O)NCC1(Cc2ccccc2)CCC1. The van der Waals surface area contributed by atoms with Crippen LogP contribution in [0, 0.1) is 5.41 Å². The number of carbonyl (C=O) groups is 1. The third kappa shape index (κ3) is 5.23. The van der Waals surface area contributed by atoms with Gasteiger partial charge in [-0.25, -0.2) is 0 Å². The maximum atomic E-state index is 12.2. The van der Waals surface area contributed by atoms with Gasteiger partial charge in [0.05, 0.1) is 0 Å². The second-order valence-electron chi connectivity index (χ2n) is 6.99.